The molecule has 7 heteroatoms. The summed E-state index contributed by atoms with van der Waals surface area (Å²) in [5, 5.41) is 5.75. The summed E-state index contributed by atoms with van der Waals surface area (Å²) in [6, 6.07) is 11.4. The van der Waals surface area contributed by atoms with Crippen LogP contribution in [-0.4, -0.2) is 46.0 Å². The zero-order valence-corrected chi connectivity index (χ0v) is 17.4. The van der Waals surface area contributed by atoms with Crippen molar-refractivity contribution in [3.05, 3.63) is 59.4 Å². The number of hydrogen-bond acceptors (Lipinski definition) is 3. The predicted octanol–water partition coefficient (Wildman–Crippen LogP) is 3.71. The van der Waals surface area contributed by atoms with Crippen LogP contribution in [0.4, 0.5) is 10.5 Å². The number of nitrogens with zero attached hydrogens (tertiary/aromatic N) is 3. The van der Waals surface area contributed by atoms with E-state index in [9.17, 15) is 9.59 Å². The summed E-state index contributed by atoms with van der Waals surface area (Å²) in [5.41, 5.74) is 5.42. The molecule has 1 fully saturated rings. The monoisotopic (exact) mass is 405 g/mol. The number of likely N-dealkylation sites (tertiary alicyclic amines) is 1. The fourth-order valence-corrected chi connectivity index (χ4v) is 3.99. The van der Waals surface area contributed by atoms with E-state index in [1.807, 2.05) is 53.6 Å². The van der Waals surface area contributed by atoms with Gasteiger partial charge in [-0.25, -0.2) is 9.78 Å². The lowest BCUT2D eigenvalue weighted by Crippen LogP contribution is -2.31. The quantitative estimate of drug-likeness (QED) is 0.679. The number of carbonyl (C=O) groups excluding carboxylic acids is 2. The SMILES string of the molecule is Cc1cc(C)cc(NC(=O)NCCn2cnc3cc(C(=O)N4CCCC4)ccc32)c1. The van der Waals surface area contributed by atoms with Crippen molar-refractivity contribution in [1.82, 2.24) is 19.8 Å². The molecule has 3 amide bonds. The van der Waals surface area contributed by atoms with E-state index >= 15 is 0 Å². The number of benzene rings is 2. The number of aromatic nitrogens is 2. The second-order valence-corrected chi connectivity index (χ2v) is 7.90. The second-order valence-electron chi connectivity index (χ2n) is 7.90. The number of rotatable bonds is 5. The molecule has 1 aliphatic heterocycles. The average Bonchev–Trinajstić information content (AvgIpc) is 3.36. The number of hydrogen-bond donors (Lipinski definition) is 2. The van der Waals surface area contributed by atoms with Crippen LogP contribution in [0.2, 0.25) is 0 Å². The van der Waals surface area contributed by atoms with Crippen LogP contribution in [0, 0.1) is 13.8 Å². The highest BCUT2D eigenvalue weighted by Crippen LogP contribution is 2.18. The Kier molecular flexibility index (Phi) is 5.70. The van der Waals surface area contributed by atoms with E-state index in [1.165, 1.54) is 0 Å². The molecule has 156 valence electrons. The lowest BCUT2D eigenvalue weighted by atomic mass is 10.1. The average molecular weight is 406 g/mol. The van der Waals surface area contributed by atoms with E-state index in [4.69, 9.17) is 0 Å². The number of amides is 3. The fraction of sp³-hybridized carbons (Fsp3) is 0.348. The molecule has 0 atom stereocenters. The molecule has 7 nitrogen and oxygen atoms in total. The summed E-state index contributed by atoms with van der Waals surface area (Å²) in [4.78, 5) is 31.1. The first-order valence-corrected chi connectivity index (χ1v) is 10.4. The Morgan fingerprint density at radius 1 is 1.03 bits per heavy atom. The van der Waals surface area contributed by atoms with Gasteiger partial charge in [-0.05, 0) is 68.1 Å². The molecule has 30 heavy (non-hydrogen) atoms. The minimum Gasteiger partial charge on any atom is -0.339 e. The topological polar surface area (TPSA) is 79.3 Å². The summed E-state index contributed by atoms with van der Waals surface area (Å²) < 4.78 is 1.98. The largest absolute Gasteiger partial charge is 0.339 e. The van der Waals surface area contributed by atoms with Gasteiger partial charge in [0.05, 0.1) is 17.4 Å². The second kappa shape index (κ2) is 8.57. The highest BCUT2D eigenvalue weighted by Gasteiger charge is 2.20. The summed E-state index contributed by atoms with van der Waals surface area (Å²) >= 11 is 0. The molecule has 0 unspecified atom stereocenters. The van der Waals surface area contributed by atoms with Crippen LogP contribution >= 0.6 is 0 Å². The van der Waals surface area contributed by atoms with E-state index in [1.54, 1.807) is 6.33 Å². The highest BCUT2D eigenvalue weighted by molar-refractivity contribution is 5.97. The maximum absolute atomic E-state index is 12.6. The van der Waals surface area contributed by atoms with Crippen molar-refractivity contribution in [2.24, 2.45) is 0 Å². The number of nitrogens with one attached hydrogen (secondary N) is 2. The van der Waals surface area contributed by atoms with Gasteiger partial charge in [-0.3, -0.25) is 4.79 Å². The standard InChI is InChI=1S/C23H27N5O2/c1-16-11-17(2)13-19(12-16)26-23(30)24-7-10-28-15-25-20-14-18(5-6-21(20)28)22(29)27-8-3-4-9-27/h5-6,11-15H,3-4,7-10H2,1-2H3,(H2,24,26,30). The lowest BCUT2D eigenvalue weighted by Gasteiger charge is -2.15. The fourth-order valence-electron chi connectivity index (χ4n) is 3.99. The van der Waals surface area contributed by atoms with Crippen molar-refractivity contribution in [2.75, 3.05) is 25.0 Å². The van der Waals surface area contributed by atoms with Crippen LogP contribution in [0.5, 0.6) is 0 Å². The van der Waals surface area contributed by atoms with Gasteiger partial charge in [-0.15, -0.1) is 0 Å². The number of urea groups is 1. The number of aryl methyl sites for hydroxylation is 2. The zero-order chi connectivity index (χ0) is 21.1. The predicted molar refractivity (Wildman–Crippen MR) is 118 cm³/mol. The minimum atomic E-state index is -0.233. The van der Waals surface area contributed by atoms with Gasteiger partial charge in [-0.2, -0.15) is 0 Å². The molecule has 1 saturated heterocycles. The van der Waals surface area contributed by atoms with Gasteiger partial charge in [-0.1, -0.05) is 6.07 Å². The van der Waals surface area contributed by atoms with Gasteiger partial charge < -0.3 is 20.1 Å². The third-order valence-corrected chi connectivity index (χ3v) is 5.38. The first-order valence-electron chi connectivity index (χ1n) is 10.4. The molecule has 3 aromatic rings. The Morgan fingerprint density at radius 3 is 2.50 bits per heavy atom. The third kappa shape index (κ3) is 4.45. The van der Waals surface area contributed by atoms with E-state index in [2.05, 4.69) is 21.7 Å². The number of imidazole rings is 1. The number of fused-ring (bicyclic) bond motifs is 1. The van der Waals surface area contributed by atoms with E-state index < -0.39 is 0 Å². The maximum atomic E-state index is 12.6. The Morgan fingerprint density at radius 2 is 1.77 bits per heavy atom. The van der Waals surface area contributed by atoms with Crippen molar-refractivity contribution >= 4 is 28.7 Å². The highest BCUT2D eigenvalue weighted by atomic mass is 16.2. The van der Waals surface area contributed by atoms with Crippen molar-refractivity contribution in [3.8, 4) is 0 Å². The van der Waals surface area contributed by atoms with Gasteiger partial charge in [0, 0.05) is 37.4 Å². The van der Waals surface area contributed by atoms with Crippen LogP contribution in [0.1, 0.15) is 34.3 Å². The first-order chi connectivity index (χ1) is 14.5. The van der Waals surface area contributed by atoms with Gasteiger partial charge in [0.25, 0.3) is 5.91 Å². The van der Waals surface area contributed by atoms with Crippen LogP contribution in [0.15, 0.2) is 42.7 Å². The Bertz CT molecular complexity index is 1060. The Labute approximate surface area is 176 Å². The number of anilines is 1. The summed E-state index contributed by atoms with van der Waals surface area (Å²) in [6.45, 7) is 6.74. The number of carbonyl (C=O) groups is 2. The van der Waals surface area contributed by atoms with Crippen molar-refractivity contribution in [2.45, 2.75) is 33.2 Å². The molecule has 4 rings (SSSR count). The van der Waals surface area contributed by atoms with Gasteiger partial charge in [0.1, 0.15) is 0 Å². The third-order valence-electron chi connectivity index (χ3n) is 5.38. The molecule has 0 radical (unpaired) electrons. The Hall–Kier alpha value is -3.35. The first kappa shape index (κ1) is 19.9. The summed E-state index contributed by atoms with van der Waals surface area (Å²) in [7, 11) is 0. The van der Waals surface area contributed by atoms with Gasteiger partial charge in [0.15, 0.2) is 0 Å². The molecule has 2 heterocycles. The molecule has 2 N–H and O–H groups in total. The molecule has 0 spiro atoms. The van der Waals surface area contributed by atoms with Crippen LogP contribution in [0.3, 0.4) is 0 Å². The smallest absolute Gasteiger partial charge is 0.319 e. The zero-order valence-electron chi connectivity index (χ0n) is 17.4. The molecule has 1 aromatic heterocycles. The van der Waals surface area contributed by atoms with Crippen LogP contribution in [0.25, 0.3) is 11.0 Å². The molecular weight excluding hydrogens is 378 g/mol. The van der Waals surface area contributed by atoms with Crippen molar-refractivity contribution in [3.63, 3.8) is 0 Å². The molecule has 1 aliphatic rings. The Balaban J connectivity index is 1.35. The molecule has 0 bridgehead atoms. The summed E-state index contributed by atoms with van der Waals surface area (Å²) in [6.07, 6.45) is 3.90. The molecular formula is C23H27N5O2. The van der Waals surface area contributed by atoms with E-state index in [0.717, 1.165) is 53.8 Å². The van der Waals surface area contributed by atoms with E-state index in [-0.39, 0.29) is 11.9 Å². The normalized spacial score (nSPS) is 13.6. The lowest BCUT2D eigenvalue weighted by molar-refractivity contribution is 0.0793. The molecule has 2 aromatic carbocycles. The molecule has 0 saturated carbocycles. The molecule has 0 aliphatic carbocycles. The van der Waals surface area contributed by atoms with Gasteiger partial charge >= 0.3 is 6.03 Å². The van der Waals surface area contributed by atoms with Gasteiger partial charge in [0.2, 0.25) is 0 Å². The van der Waals surface area contributed by atoms with Crippen molar-refractivity contribution in [1.29, 1.82) is 0 Å². The van der Waals surface area contributed by atoms with Crippen LogP contribution in [-0.2, 0) is 6.54 Å². The maximum Gasteiger partial charge on any atom is 0.319 e. The van der Waals surface area contributed by atoms with Crippen LogP contribution < -0.4 is 10.6 Å². The minimum absolute atomic E-state index is 0.0775. The van der Waals surface area contributed by atoms with E-state index in [0.29, 0.717) is 18.7 Å². The summed E-state index contributed by atoms with van der Waals surface area (Å²) in [5.74, 6) is 0.0775. The van der Waals surface area contributed by atoms with Crippen molar-refractivity contribution < 1.29 is 9.59 Å².